The summed E-state index contributed by atoms with van der Waals surface area (Å²) in [6, 6.07) is 8.06. The Labute approximate surface area is 191 Å². The molecule has 0 bridgehead atoms. The summed E-state index contributed by atoms with van der Waals surface area (Å²) in [5, 5.41) is 3.98. The predicted molar refractivity (Wildman–Crippen MR) is 112 cm³/mol. The van der Waals surface area contributed by atoms with E-state index < -0.39 is 42.0 Å². The van der Waals surface area contributed by atoms with Gasteiger partial charge in [0, 0.05) is 24.1 Å². The molecule has 0 saturated carbocycles. The Hall–Kier alpha value is -3.54. The van der Waals surface area contributed by atoms with Crippen molar-refractivity contribution in [1.29, 1.82) is 0 Å². The lowest BCUT2D eigenvalue weighted by Gasteiger charge is -2.32. The van der Waals surface area contributed by atoms with Crippen LogP contribution in [0.25, 0.3) is 11.4 Å². The number of benzene rings is 1. The molecule has 1 fully saturated rings. The Kier molecular flexibility index (Phi) is 5.44. The maximum Gasteiger partial charge on any atom is 0.278 e. The Morgan fingerprint density at radius 1 is 1.09 bits per heavy atom. The van der Waals surface area contributed by atoms with Gasteiger partial charge in [0.2, 0.25) is 17.6 Å². The highest BCUT2D eigenvalue weighted by Crippen LogP contribution is 2.36. The molecule has 0 radical (unpaired) electrons. The summed E-state index contributed by atoms with van der Waals surface area (Å²) in [7, 11) is 0. The van der Waals surface area contributed by atoms with Gasteiger partial charge in [0.25, 0.3) is 17.7 Å². The van der Waals surface area contributed by atoms with Gasteiger partial charge in [-0.05, 0) is 19.3 Å². The van der Waals surface area contributed by atoms with E-state index >= 15 is 0 Å². The molecule has 0 spiro atoms. The lowest BCUT2D eigenvalue weighted by Crippen LogP contribution is -2.54. The second-order valence-corrected chi connectivity index (χ2v) is 8.36. The quantitative estimate of drug-likeness (QED) is 0.477. The van der Waals surface area contributed by atoms with E-state index in [1.54, 1.807) is 4.90 Å². The normalized spacial score (nSPS) is 21.4. The SMILES string of the molecule is O=C1CCC(N2C(=O)C3=C(C2=O)N(Cc2nc(-c4ccccc4)no2)CCC3)C(=O)N1SF. The molecule has 0 aliphatic carbocycles. The van der Waals surface area contributed by atoms with Crippen LogP contribution in [0.5, 0.6) is 0 Å². The average molecular weight is 471 g/mol. The van der Waals surface area contributed by atoms with E-state index in [0.29, 0.717) is 35.1 Å². The third-order valence-corrected chi connectivity index (χ3v) is 6.43. The molecule has 3 aliphatic rings. The molecule has 1 saturated heterocycles. The number of carbonyl (C=O) groups is 4. The average Bonchev–Trinajstić information content (AvgIpc) is 3.39. The van der Waals surface area contributed by atoms with Crippen LogP contribution in [0.4, 0.5) is 3.89 Å². The second-order valence-electron chi connectivity index (χ2n) is 7.86. The number of rotatable bonds is 5. The van der Waals surface area contributed by atoms with Crippen LogP contribution in [0, 0.1) is 0 Å². The van der Waals surface area contributed by atoms with Crippen molar-refractivity contribution in [3.05, 3.63) is 47.5 Å². The zero-order chi connectivity index (χ0) is 23.1. The van der Waals surface area contributed by atoms with Gasteiger partial charge in [-0.25, -0.2) is 0 Å². The van der Waals surface area contributed by atoms with E-state index in [1.165, 1.54) is 0 Å². The first-order chi connectivity index (χ1) is 16.0. The summed E-state index contributed by atoms with van der Waals surface area (Å²) in [6.07, 6.45) is 0.836. The number of nitrogens with zero attached hydrogens (tertiary/aromatic N) is 5. The maximum absolute atomic E-state index is 13.3. The van der Waals surface area contributed by atoms with Crippen molar-refractivity contribution < 1.29 is 27.6 Å². The topological polar surface area (TPSA) is 117 Å². The molecule has 3 aliphatic heterocycles. The number of halogens is 1. The third kappa shape index (κ3) is 3.59. The lowest BCUT2D eigenvalue weighted by molar-refractivity contribution is -0.154. The molecule has 33 heavy (non-hydrogen) atoms. The number of carbonyl (C=O) groups excluding carboxylic acids is 4. The van der Waals surface area contributed by atoms with E-state index in [1.807, 2.05) is 30.3 Å². The highest BCUT2D eigenvalue weighted by molar-refractivity contribution is 7.93. The lowest BCUT2D eigenvalue weighted by atomic mass is 10.0. The van der Waals surface area contributed by atoms with Crippen LogP contribution in [0.15, 0.2) is 46.1 Å². The minimum absolute atomic E-state index is 0.0309. The molecule has 5 rings (SSSR count). The van der Waals surface area contributed by atoms with Gasteiger partial charge >= 0.3 is 0 Å². The van der Waals surface area contributed by atoms with Crippen molar-refractivity contribution >= 4 is 36.0 Å². The van der Waals surface area contributed by atoms with E-state index in [2.05, 4.69) is 10.1 Å². The van der Waals surface area contributed by atoms with Gasteiger partial charge in [-0.3, -0.25) is 24.1 Å². The Morgan fingerprint density at radius 3 is 2.64 bits per heavy atom. The highest BCUT2D eigenvalue weighted by atomic mass is 32.2. The minimum atomic E-state index is -1.22. The monoisotopic (exact) mass is 471 g/mol. The summed E-state index contributed by atoms with van der Waals surface area (Å²) in [6.45, 7) is 0.605. The van der Waals surface area contributed by atoms with Gasteiger partial charge in [-0.2, -0.15) is 9.29 Å². The zero-order valence-corrected chi connectivity index (χ0v) is 18.1. The van der Waals surface area contributed by atoms with Crippen molar-refractivity contribution in [3.8, 4) is 11.4 Å². The fourth-order valence-corrected chi connectivity index (χ4v) is 4.73. The molecule has 2 aromatic rings. The summed E-state index contributed by atoms with van der Waals surface area (Å²) < 4.78 is 18.9. The van der Waals surface area contributed by atoms with Crippen LogP contribution in [0.2, 0.25) is 0 Å². The van der Waals surface area contributed by atoms with Gasteiger partial charge in [0.1, 0.15) is 11.7 Å². The number of aromatic nitrogens is 2. The van der Waals surface area contributed by atoms with Gasteiger partial charge in [0.15, 0.2) is 12.3 Å². The van der Waals surface area contributed by atoms with Crippen molar-refractivity contribution in [2.24, 2.45) is 0 Å². The summed E-state index contributed by atoms with van der Waals surface area (Å²) >= 11 is -0.511. The van der Waals surface area contributed by atoms with E-state index in [9.17, 15) is 23.1 Å². The number of hydrogen-bond acceptors (Lipinski definition) is 9. The van der Waals surface area contributed by atoms with Gasteiger partial charge in [-0.1, -0.05) is 35.5 Å². The zero-order valence-electron chi connectivity index (χ0n) is 17.3. The van der Waals surface area contributed by atoms with E-state index in [-0.39, 0.29) is 31.0 Å². The summed E-state index contributed by atoms with van der Waals surface area (Å²) in [5.41, 5.74) is 1.28. The second kappa shape index (κ2) is 8.43. The van der Waals surface area contributed by atoms with Crippen LogP contribution in [0.3, 0.4) is 0 Å². The molecule has 1 aromatic heterocycles. The molecule has 4 heterocycles. The van der Waals surface area contributed by atoms with Crippen LogP contribution in [-0.4, -0.2) is 60.5 Å². The number of amides is 4. The first kappa shape index (κ1) is 21.3. The molecule has 4 amide bonds. The van der Waals surface area contributed by atoms with Gasteiger partial charge in [-0.15, -0.1) is 3.89 Å². The van der Waals surface area contributed by atoms with Crippen LogP contribution >= 0.6 is 12.3 Å². The van der Waals surface area contributed by atoms with Crippen LogP contribution in [-0.2, 0) is 25.7 Å². The third-order valence-electron chi connectivity index (χ3n) is 5.91. The Morgan fingerprint density at radius 2 is 1.88 bits per heavy atom. The van der Waals surface area contributed by atoms with Crippen molar-refractivity contribution in [2.45, 2.75) is 38.3 Å². The largest absolute Gasteiger partial charge is 0.357 e. The summed E-state index contributed by atoms with van der Waals surface area (Å²) in [5.74, 6) is -2.11. The van der Waals surface area contributed by atoms with Gasteiger partial charge < -0.3 is 9.42 Å². The molecule has 1 aromatic carbocycles. The van der Waals surface area contributed by atoms with Crippen LogP contribution < -0.4 is 0 Å². The highest BCUT2D eigenvalue weighted by Gasteiger charge is 2.50. The van der Waals surface area contributed by atoms with E-state index in [4.69, 9.17) is 4.52 Å². The van der Waals surface area contributed by atoms with Crippen molar-refractivity contribution in [1.82, 2.24) is 24.2 Å². The molecule has 12 heteroatoms. The Bertz CT molecular complexity index is 1180. The first-order valence-corrected chi connectivity index (χ1v) is 11.1. The number of imide groups is 2. The summed E-state index contributed by atoms with van der Waals surface area (Å²) in [4.78, 5) is 57.7. The minimum Gasteiger partial charge on any atom is -0.357 e. The number of piperidine rings is 1. The van der Waals surface area contributed by atoms with Crippen molar-refractivity contribution in [3.63, 3.8) is 0 Å². The molecular formula is C21H18FN5O5S. The number of hydrogen-bond donors (Lipinski definition) is 0. The maximum atomic E-state index is 13.3. The first-order valence-electron chi connectivity index (χ1n) is 10.4. The molecule has 10 nitrogen and oxygen atoms in total. The molecule has 170 valence electrons. The Balaban J connectivity index is 1.38. The smallest absolute Gasteiger partial charge is 0.278 e. The fourth-order valence-electron chi connectivity index (χ4n) is 4.38. The molecule has 0 N–H and O–H groups in total. The molecular weight excluding hydrogens is 453 g/mol. The van der Waals surface area contributed by atoms with E-state index in [0.717, 1.165) is 10.5 Å². The van der Waals surface area contributed by atoms with Crippen LogP contribution in [0.1, 0.15) is 31.6 Å². The molecule has 1 unspecified atom stereocenters. The van der Waals surface area contributed by atoms with Gasteiger partial charge in [0.05, 0.1) is 6.54 Å². The predicted octanol–water partition coefficient (Wildman–Crippen LogP) is 2.01. The molecule has 1 atom stereocenters. The van der Waals surface area contributed by atoms with Crippen molar-refractivity contribution in [2.75, 3.05) is 6.54 Å². The standard InChI is InChI=1S/C21H18FN5O5S/c22-33-27-16(28)9-8-14(20(27)30)26-19(29)13-7-4-10-25(17(13)21(26)31)11-15-23-18(24-32-15)12-5-2-1-3-6-12/h1-3,5-6,14H,4,7-11H2. The fraction of sp³-hybridized carbons (Fsp3) is 0.333.